The molecule has 3 aromatic rings. The molecule has 0 unspecified atom stereocenters. The van der Waals surface area contributed by atoms with Gasteiger partial charge in [-0.15, -0.1) is 5.10 Å². The van der Waals surface area contributed by atoms with Crippen LogP contribution in [-0.4, -0.2) is 196 Å². The van der Waals surface area contributed by atoms with E-state index >= 15 is 4.39 Å². The third-order valence-electron chi connectivity index (χ3n) is 16.9. The standard InChI is InChI=1S/C35H46FN5O9S.C18H26FN3O6.C8H12N4O5/c1-34(2,3)50-32(45)37-27-13-8-6-4-5-7-11-22-17-35(22,31(44)39-51(47,48)24-14-15-24)38-29(42)28-16-23(19-41(28)30(27)43)49-33(46)40-18-21-10-9-12-26(36)25(21)20-40;1-9(2)14(23)26-8-11-13(28-15(24)10(3)4)18(5,19)16(27-11)22-7-6-12(20)21-17(22)25;9-6(16)7-10-2-12(11-7)8-5(15)4(14)3(1-13)17-8/h7,9-12,22-24,27-28H,4-6,8,13-20H2,1-3H3,(H,37,45)(H,38,42)(H,39,44);6-7,9-11,13,16H,8H2,1-5H3,(H2,20,21,25);2-5,8,13-15H,1H2,(H2,9,16)/b11-7-;;/t22-,23-,27+,28+,35-;11-,13-,16-,18-;3-,4-,5-,8-/m111/s1. The Kier molecular flexibility index (Phi) is 23.0. The number of fused-ring (bicyclic) bond motifs is 3. The number of anilines is 1. The highest BCUT2D eigenvalue weighted by Crippen LogP contribution is 2.47. The number of aliphatic hydroxyl groups is 3. The van der Waals surface area contributed by atoms with Crippen LogP contribution in [0.25, 0.3) is 0 Å². The van der Waals surface area contributed by atoms with Gasteiger partial charge in [-0.25, -0.2) is 41.2 Å². The summed E-state index contributed by atoms with van der Waals surface area (Å²) in [6.07, 6.45) is -0.851. The van der Waals surface area contributed by atoms with E-state index in [1.807, 2.05) is 12.2 Å². The first-order valence-corrected chi connectivity index (χ1v) is 33.1. The molecule has 0 radical (unpaired) electrons. The number of amides is 6. The van der Waals surface area contributed by atoms with Crippen LogP contribution in [0.15, 0.2) is 53.7 Å². The first kappa shape index (κ1) is 73.6. The predicted octanol–water partition coefficient (Wildman–Crippen LogP) is 1.35. The SMILES string of the molecule is CC(C)(C)OC(=O)N[C@H]1CCCCC/C=C\[C@@H]2C[C@@]2(C(=O)NS(=O)(=O)C2CC2)NC(=O)[C@@H]2C[C@@H](OC(=O)N3Cc4cccc(F)c4C3)CN2C1=O.CC(C)C(=O)OC[C@H]1O[C@@H](n2ccc(N)nc2=O)[C@](C)(F)[C@@H]1OC(=O)C(C)C.NC(=O)c1ncn([C@@H]2O[C@H](CO)[C@@H](O)[C@H]2O)n1. The Hall–Kier alpha value is -8.25. The van der Waals surface area contributed by atoms with Gasteiger partial charge in [-0.3, -0.25) is 43.0 Å². The number of alkyl halides is 1. The van der Waals surface area contributed by atoms with E-state index in [1.54, 1.807) is 60.6 Å². The van der Waals surface area contributed by atoms with Crippen molar-refractivity contribution in [1.82, 2.24) is 49.5 Å². The molecule has 2 aliphatic carbocycles. The molecule has 2 saturated carbocycles. The lowest BCUT2D eigenvalue weighted by Crippen LogP contribution is -2.58. The van der Waals surface area contributed by atoms with Gasteiger partial charge in [0.25, 0.3) is 11.8 Å². The number of aromatic nitrogens is 5. The first-order valence-electron chi connectivity index (χ1n) is 31.5. The Labute approximate surface area is 551 Å². The molecule has 2 aromatic heterocycles. The number of benzene rings is 1. The second-order valence-corrected chi connectivity index (χ2v) is 28.3. The molecule has 0 spiro atoms. The predicted molar refractivity (Wildman–Crippen MR) is 329 cm³/mol. The maximum Gasteiger partial charge on any atom is 0.410 e. The molecule has 6 amide bonds. The summed E-state index contributed by atoms with van der Waals surface area (Å²) < 4.78 is 92.3. The van der Waals surface area contributed by atoms with E-state index in [9.17, 15) is 66.2 Å². The zero-order chi connectivity index (χ0) is 70.5. The van der Waals surface area contributed by atoms with Gasteiger partial charge in [0.15, 0.2) is 24.2 Å². The molecule has 3 saturated heterocycles. The third kappa shape index (κ3) is 17.5. The number of nitrogens with zero attached hydrogens (tertiary/aromatic N) is 7. The summed E-state index contributed by atoms with van der Waals surface area (Å²) in [7, 11) is -3.92. The molecular weight excluding hydrogens is 1290 g/mol. The molecule has 10 N–H and O–H groups in total. The molecule has 5 fully saturated rings. The average molecular weight is 1380 g/mol. The number of aliphatic hydroxyl groups excluding tert-OH is 3. The van der Waals surface area contributed by atoms with E-state index in [0.717, 1.165) is 35.3 Å². The van der Waals surface area contributed by atoms with Crippen LogP contribution in [0, 0.1) is 23.6 Å². The van der Waals surface area contributed by atoms with Gasteiger partial charge in [0.1, 0.15) is 78.3 Å². The van der Waals surface area contributed by atoms with Crippen LogP contribution in [0.4, 0.5) is 24.2 Å². The molecule has 10 rings (SSSR count). The number of sulfonamides is 1. The number of nitrogens with one attached hydrogen (secondary N) is 3. The van der Waals surface area contributed by atoms with Crippen LogP contribution in [0.5, 0.6) is 0 Å². The average Bonchev–Trinajstić information content (AvgIpc) is 1.58. The number of nitrogen functional groups attached to an aromatic ring is 1. The smallest absolute Gasteiger partial charge is 0.410 e. The van der Waals surface area contributed by atoms with Crippen LogP contribution in [0.2, 0.25) is 0 Å². The highest BCUT2D eigenvalue weighted by molar-refractivity contribution is 7.91. The minimum Gasteiger partial charge on any atom is -0.463 e. The molecule has 0 bridgehead atoms. The van der Waals surface area contributed by atoms with E-state index in [2.05, 4.69) is 30.4 Å². The lowest BCUT2D eigenvalue weighted by atomic mass is 9.98. The van der Waals surface area contributed by atoms with Crippen molar-refractivity contribution < 1.29 is 99.3 Å². The van der Waals surface area contributed by atoms with Crippen LogP contribution in [0.3, 0.4) is 0 Å². The van der Waals surface area contributed by atoms with E-state index in [0.29, 0.717) is 36.8 Å². The largest absolute Gasteiger partial charge is 0.463 e. The maximum absolute atomic E-state index is 15.7. The van der Waals surface area contributed by atoms with E-state index in [4.69, 9.17) is 45.0 Å². The van der Waals surface area contributed by atoms with Crippen LogP contribution >= 0.6 is 0 Å². The third-order valence-corrected chi connectivity index (χ3v) is 18.7. The molecule has 32 nitrogen and oxygen atoms in total. The topological polar surface area (TPSA) is 447 Å². The van der Waals surface area contributed by atoms with Crippen LogP contribution < -0.4 is 32.5 Å². The quantitative estimate of drug-likeness (QED) is 0.0641. The summed E-state index contributed by atoms with van der Waals surface area (Å²) in [6.45, 7) is 11.9. The zero-order valence-electron chi connectivity index (χ0n) is 54.3. The molecule has 96 heavy (non-hydrogen) atoms. The Balaban J connectivity index is 0.000000217. The molecule has 1 aromatic carbocycles. The fourth-order valence-corrected chi connectivity index (χ4v) is 12.7. The number of esters is 2. The number of hydrogen-bond acceptors (Lipinski definition) is 24. The van der Waals surface area contributed by atoms with Crippen LogP contribution in [-0.2, 0) is 75.5 Å². The summed E-state index contributed by atoms with van der Waals surface area (Å²) in [5.41, 5.74) is 5.98. The van der Waals surface area contributed by atoms with Gasteiger partial charge in [-0.1, -0.05) is 64.8 Å². The van der Waals surface area contributed by atoms with Crippen molar-refractivity contribution in [2.24, 2.45) is 23.5 Å². The number of alkyl carbamates (subject to hydrolysis) is 1. The summed E-state index contributed by atoms with van der Waals surface area (Å²) in [4.78, 5) is 125. The molecule has 528 valence electrons. The molecule has 7 aliphatic rings. The van der Waals surface area contributed by atoms with Gasteiger partial charge >= 0.3 is 29.8 Å². The number of nitrogens with two attached hydrogens (primary N) is 2. The number of rotatable bonds is 14. The monoisotopic (exact) mass is 1370 g/mol. The number of halogens is 2. The van der Waals surface area contributed by atoms with E-state index < -0.39 is 177 Å². The van der Waals surface area contributed by atoms with Crippen molar-refractivity contribution >= 4 is 63.6 Å². The molecular formula is C61H84F2N12O20S. The number of ether oxygens (including phenoxy) is 6. The van der Waals surface area contributed by atoms with Gasteiger partial charge < -0.3 is 70.7 Å². The summed E-state index contributed by atoms with van der Waals surface area (Å²) in [6, 6.07) is 3.62. The maximum atomic E-state index is 15.7. The van der Waals surface area contributed by atoms with E-state index in [1.165, 1.54) is 28.1 Å². The molecule has 35 heteroatoms. The molecule has 5 aliphatic heterocycles. The van der Waals surface area contributed by atoms with Crippen molar-refractivity contribution in [2.45, 2.75) is 209 Å². The molecule has 7 heterocycles. The van der Waals surface area contributed by atoms with Crippen molar-refractivity contribution in [3.63, 3.8) is 0 Å². The highest BCUT2D eigenvalue weighted by Gasteiger charge is 2.63. The van der Waals surface area contributed by atoms with Gasteiger partial charge in [-0.05, 0) is 83.9 Å². The number of carbonyl (C=O) groups is 8. The lowest BCUT2D eigenvalue weighted by Gasteiger charge is -2.30. The summed E-state index contributed by atoms with van der Waals surface area (Å²) >= 11 is 0. The Morgan fingerprint density at radius 2 is 1.65 bits per heavy atom. The van der Waals surface area contributed by atoms with Gasteiger partial charge in [0.05, 0.1) is 36.8 Å². The van der Waals surface area contributed by atoms with Crippen molar-refractivity contribution in [3.05, 3.63) is 82.2 Å². The Morgan fingerprint density at radius 3 is 2.26 bits per heavy atom. The van der Waals surface area contributed by atoms with Gasteiger partial charge in [0.2, 0.25) is 27.7 Å². The van der Waals surface area contributed by atoms with Gasteiger partial charge in [-0.2, -0.15) is 4.98 Å². The minimum absolute atomic E-state index is 0.00168. The second kappa shape index (κ2) is 30.0. The molecule has 13 atom stereocenters. The minimum atomic E-state index is -3.92. The van der Waals surface area contributed by atoms with Crippen LogP contribution in [0.1, 0.15) is 147 Å². The van der Waals surface area contributed by atoms with Crippen molar-refractivity contribution in [3.8, 4) is 0 Å². The first-order chi connectivity index (χ1) is 45.0. The normalized spacial score (nSPS) is 29.1. The van der Waals surface area contributed by atoms with Crippen molar-refractivity contribution in [2.75, 3.05) is 25.5 Å². The Morgan fingerprint density at radius 1 is 0.938 bits per heavy atom. The number of carbonyl (C=O) groups excluding carboxylic acids is 8. The fraction of sp³-hybridized carbons (Fsp3) is 0.639. The number of primary amides is 1. The second-order valence-electron chi connectivity index (χ2n) is 26.4. The summed E-state index contributed by atoms with van der Waals surface area (Å²) in [5.74, 6) is -6.16. The highest BCUT2D eigenvalue weighted by atomic mass is 32.2. The zero-order valence-corrected chi connectivity index (χ0v) is 55.1. The van der Waals surface area contributed by atoms with Gasteiger partial charge in [0, 0.05) is 30.6 Å². The van der Waals surface area contributed by atoms with E-state index in [-0.39, 0.29) is 57.1 Å². The Bertz CT molecular complexity index is 3600. The fourth-order valence-electron chi connectivity index (χ4n) is 11.4. The lowest BCUT2D eigenvalue weighted by molar-refractivity contribution is -0.165. The number of hydrogen-bond donors (Lipinski definition) is 8. The number of allylic oxidation sites excluding steroid dienone is 1. The van der Waals surface area contributed by atoms with Crippen molar-refractivity contribution in [1.29, 1.82) is 0 Å². The summed E-state index contributed by atoms with van der Waals surface area (Å²) in [5, 5.41) is 36.6.